The van der Waals surface area contributed by atoms with Gasteiger partial charge in [0, 0.05) is 5.56 Å². The summed E-state index contributed by atoms with van der Waals surface area (Å²) in [6, 6.07) is 0.748. The zero-order chi connectivity index (χ0) is 25.1. The molecule has 1 unspecified atom stereocenters. The molecule has 1 aromatic rings. The molecule has 0 aliphatic rings. The van der Waals surface area contributed by atoms with Gasteiger partial charge in [-0.25, -0.2) is 19.2 Å². The second-order valence-corrected chi connectivity index (χ2v) is 5.29. The molecule has 8 nitrogen and oxygen atoms in total. The van der Waals surface area contributed by atoms with Crippen molar-refractivity contribution in [3.05, 3.63) is 23.8 Å². The van der Waals surface area contributed by atoms with E-state index < -0.39 is 65.6 Å². The Hall–Kier alpha value is -3.53. The van der Waals surface area contributed by atoms with E-state index in [0.717, 1.165) is 0 Å². The summed E-state index contributed by atoms with van der Waals surface area (Å²) in [7, 11) is 0.612. The van der Waals surface area contributed by atoms with Crippen LogP contribution in [-0.2, 0) is 28.7 Å². The molecular weight excluding hydrogens is 479 g/mol. The lowest BCUT2D eigenvalue weighted by molar-refractivity contribution is -0.208. The van der Waals surface area contributed by atoms with Crippen LogP contribution in [0.15, 0.2) is 18.2 Å². The largest absolute Gasteiger partial charge is 0.491 e. The normalized spacial score (nSPS) is 13.1. The van der Waals surface area contributed by atoms with Gasteiger partial charge in [0.05, 0.1) is 7.11 Å². The van der Waals surface area contributed by atoms with Gasteiger partial charge in [-0.1, -0.05) is 6.07 Å². The summed E-state index contributed by atoms with van der Waals surface area (Å²) < 4.78 is 127. The summed E-state index contributed by atoms with van der Waals surface area (Å²) >= 11 is 0. The lowest BCUT2D eigenvalue weighted by Gasteiger charge is -2.19. The molecule has 0 saturated heterocycles. The van der Waals surface area contributed by atoms with Gasteiger partial charge in [0.1, 0.15) is 0 Å². The highest BCUT2D eigenvalue weighted by Crippen LogP contribution is 2.35. The average Bonchev–Trinajstić information content (AvgIpc) is 2.64. The Balaban J connectivity index is 3.49. The Bertz CT molecular complexity index is 902. The smallest absolute Gasteiger partial charge is 0.466 e. The van der Waals surface area contributed by atoms with Crippen LogP contribution in [0.2, 0.25) is 0 Å². The first-order chi connectivity index (χ1) is 14.4. The van der Waals surface area contributed by atoms with E-state index in [-0.39, 0.29) is 12.1 Å². The Morgan fingerprint density at radius 3 is 1.56 bits per heavy atom. The van der Waals surface area contributed by atoms with E-state index in [1.54, 1.807) is 0 Å². The molecule has 0 fully saturated rings. The number of rotatable bonds is 5. The number of halogens is 9. The summed E-state index contributed by atoms with van der Waals surface area (Å²) in [6.45, 7) is 0. The van der Waals surface area contributed by atoms with Gasteiger partial charge in [-0.15, -0.1) is 0 Å². The summed E-state index contributed by atoms with van der Waals surface area (Å²) in [5.74, 6) is -13.7. The first-order valence-corrected chi connectivity index (χ1v) is 7.45. The van der Waals surface area contributed by atoms with Crippen LogP contribution in [0.25, 0.3) is 0 Å². The molecule has 0 heterocycles. The van der Waals surface area contributed by atoms with Crippen LogP contribution in [0.4, 0.5) is 39.5 Å². The van der Waals surface area contributed by atoms with E-state index in [0.29, 0.717) is 13.2 Å². The van der Waals surface area contributed by atoms with E-state index in [2.05, 4.69) is 18.9 Å². The summed E-state index contributed by atoms with van der Waals surface area (Å²) in [6.07, 6.45) is -19.6. The lowest BCUT2D eigenvalue weighted by atomic mass is 10.1. The SMILES string of the molecule is COC(=O)C(OC(=O)C(F)(F)F)c1ccc(OC(=O)C(F)(F)F)c(OC(=O)C(F)(F)F)c1. The van der Waals surface area contributed by atoms with Gasteiger partial charge in [0.15, 0.2) is 11.5 Å². The van der Waals surface area contributed by atoms with Crippen molar-refractivity contribution >= 4 is 23.9 Å². The molecule has 17 heteroatoms. The molecule has 0 aromatic heterocycles. The summed E-state index contributed by atoms with van der Waals surface area (Å²) in [5, 5.41) is 0. The molecule has 32 heavy (non-hydrogen) atoms. The van der Waals surface area contributed by atoms with Crippen molar-refractivity contribution in [2.24, 2.45) is 0 Å². The second kappa shape index (κ2) is 9.31. The number of esters is 4. The molecule has 0 N–H and O–H groups in total. The van der Waals surface area contributed by atoms with Crippen molar-refractivity contribution < 1.29 is 77.6 Å². The maximum atomic E-state index is 12.4. The third-order valence-corrected chi connectivity index (χ3v) is 3.01. The predicted octanol–water partition coefficient (Wildman–Crippen LogP) is 2.94. The van der Waals surface area contributed by atoms with Crippen molar-refractivity contribution in [1.29, 1.82) is 0 Å². The highest BCUT2D eigenvalue weighted by molar-refractivity contribution is 5.84. The lowest BCUT2D eigenvalue weighted by Crippen LogP contribution is -2.31. The molecule has 1 atom stereocenters. The van der Waals surface area contributed by atoms with E-state index in [1.807, 2.05) is 0 Å². The third kappa shape index (κ3) is 7.02. The van der Waals surface area contributed by atoms with Crippen LogP contribution >= 0.6 is 0 Å². The number of alkyl halides is 9. The fourth-order valence-electron chi connectivity index (χ4n) is 1.70. The molecule has 0 spiro atoms. The van der Waals surface area contributed by atoms with Crippen molar-refractivity contribution in [3.63, 3.8) is 0 Å². The Morgan fingerprint density at radius 1 is 0.719 bits per heavy atom. The molecule has 0 saturated carbocycles. The molecule has 0 aliphatic carbocycles. The van der Waals surface area contributed by atoms with Crippen molar-refractivity contribution in [2.45, 2.75) is 24.6 Å². The minimum Gasteiger partial charge on any atom is -0.466 e. The number of hydrogen-bond acceptors (Lipinski definition) is 8. The first kappa shape index (κ1) is 26.5. The molecule has 0 amide bonds. The van der Waals surface area contributed by atoms with Crippen LogP contribution in [0.3, 0.4) is 0 Å². The second-order valence-electron chi connectivity index (χ2n) is 5.29. The van der Waals surface area contributed by atoms with Gasteiger partial charge < -0.3 is 18.9 Å². The fourth-order valence-corrected chi connectivity index (χ4v) is 1.70. The van der Waals surface area contributed by atoms with Gasteiger partial charge in [-0.2, -0.15) is 39.5 Å². The zero-order valence-corrected chi connectivity index (χ0v) is 15.0. The molecule has 1 aromatic carbocycles. The summed E-state index contributed by atoms with van der Waals surface area (Å²) in [5.41, 5.74) is -0.953. The van der Waals surface area contributed by atoms with Gasteiger partial charge in [0.2, 0.25) is 6.10 Å². The standard InChI is InChI=1S/C15H7F9O8/c1-29-9(25)8(32-12(28)15(22,23)24)5-2-3-6(30-10(26)13(16,17)18)7(4-5)31-11(27)14(19,20)21/h2-4,8H,1H3. The summed E-state index contributed by atoms with van der Waals surface area (Å²) in [4.78, 5) is 44.6. The van der Waals surface area contributed by atoms with Gasteiger partial charge in [-0.05, 0) is 12.1 Å². The van der Waals surface area contributed by atoms with E-state index >= 15 is 0 Å². The molecular formula is C15H7F9O8. The number of ether oxygens (including phenoxy) is 4. The quantitative estimate of drug-likeness (QED) is 0.356. The minimum absolute atomic E-state index is 0.0911. The number of carbonyl (C=O) groups excluding carboxylic acids is 4. The van der Waals surface area contributed by atoms with Crippen LogP contribution in [0, 0.1) is 0 Å². The Labute approximate surface area is 169 Å². The van der Waals surface area contributed by atoms with Crippen LogP contribution in [0.5, 0.6) is 11.5 Å². The first-order valence-electron chi connectivity index (χ1n) is 7.45. The van der Waals surface area contributed by atoms with Crippen LogP contribution in [0.1, 0.15) is 11.7 Å². The number of hydrogen-bond donors (Lipinski definition) is 0. The third-order valence-electron chi connectivity index (χ3n) is 3.01. The minimum atomic E-state index is -5.72. The van der Waals surface area contributed by atoms with Gasteiger partial charge in [0.25, 0.3) is 0 Å². The van der Waals surface area contributed by atoms with Crippen LogP contribution < -0.4 is 9.47 Å². The molecule has 0 radical (unpaired) electrons. The van der Waals surface area contributed by atoms with Crippen LogP contribution in [-0.4, -0.2) is 49.5 Å². The van der Waals surface area contributed by atoms with Gasteiger partial charge >= 0.3 is 42.4 Å². The van der Waals surface area contributed by atoms with Crippen molar-refractivity contribution in [3.8, 4) is 11.5 Å². The molecule has 0 bridgehead atoms. The monoisotopic (exact) mass is 486 g/mol. The van der Waals surface area contributed by atoms with E-state index in [1.165, 1.54) is 0 Å². The molecule has 1 rings (SSSR count). The van der Waals surface area contributed by atoms with Crippen molar-refractivity contribution in [2.75, 3.05) is 7.11 Å². The van der Waals surface area contributed by atoms with E-state index in [9.17, 15) is 58.7 Å². The number of methoxy groups -OCH3 is 1. The molecule has 178 valence electrons. The Morgan fingerprint density at radius 2 is 1.16 bits per heavy atom. The van der Waals surface area contributed by atoms with E-state index in [4.69, 9.17) is 0 Å². The maximum absolute atomic E-state index is 12.4. The molecule has 0 aliphatic heterocycles. The highest BCUT2D eigenvalue weighted by Gasteiger charge is 2.46. The Kier molecular flexibility index (Phi) is 7.71. The maximum Gasteiger partial charge on any atom is 0.491 e. The highest BCUT2D eigenvalue weighted by atomic mass is 19.4. The zero-order valence-electron chi connectivity index (χ0n) is 15.0. The average molecular weight is 486 g/mol. The van der Waals surface area contributed by atoms with Gasteiger partial charge in [-0.3, -0.25) is 0 Å². The fraction of sp³-hybridized carbons (Fsp3) is 0.333. The predicted molar refractivity (Wildman–Crippen MR) is 76.7 cm³/mol. The van der Waals surface area contributed by atoms with Crippen molar-refractivity contribution in [1.82, 2.24) is 0 Å². The topological polar surface area (TPSA) is 105 Å². The number of carbonyl (C=O) groups is 4. The number of benzene rings is 1.